The predicted octanol–water partition coefficient (Wildman–Crippen LogP) is 6.16. The Morgan fingerprint density at radius 1 is 0.750 bits per heavy atom. The number of hydrogen-bond donors (Lipinski definition) is 0. The van der Waals surface area contributed by atoms with Crippen molar-refractivity contribution in [3.8, 4) is 17.2 Å². The molecule has 1 saturated heterocycles. The van der Waals surface area contributed by atoms with Gasteiger partial charge in [-0.3, -0.25) is 4.90 Å². The summed E-state index contributed by atoms with van der Waals surface area (Å²) in [6, 6.07) is 25.2. The van der Waals surface area contributed by atoms with Crippen molar-refractivity contribution in [1.82, 2.24) is 9.80 Å². The van der Waals surface area contributed by atoms with Crippen molar-refractivity contribution in [1.29, 1.82) is 0 Å². The van der Waals surface area contributed by atoms with Crippen LogP contribution >= 0.6 is 0 Å². The molecule has 1 fully saturated rings. The minimum absolute atomic E-state index is 0.137. The monoisotopic (exact) mass is 488 g/mol. The van der Waals surface area contributed by atoms with E-state index in [2.05, 4.69) is 78.2 Å². The maximum atomic E-state index is 6.60. The molecule has 3 aromatic rings. The van der Waals surface area contributed by atoms with Crippen molar-refractivity contribution < 1.29 is 14.2 Å². The Bertz CT molecular complexity index is 1060. The van der Waals surface area contributed by atoms with Gasteiger partial charge in [-0.1, -0.05) is 56.3 Å². The van der Waals surface area contributed by atoms with Crippen molar-refractivity contribution in [2.75, 3.05) is 46.9 Å². The van der Waals surface area contributed by atoms with E-state index in [0.717, 1.165) is 68.5 Å². The number of benzene rings is 3. The van der Waals surface area contributed by atoms with E-state index in [1.807, 2.05) is 18.2 Å². The zero-order valence-electron chi connectivity index (χ0n) is 22.2. The summed E-state index contributed by atoms with van der Waals surface area (Å²) in [4.78, 5) is 5.09. The van der Waals surface area contributed by atoms with E-state index in [1.165, 1.54) is 11.1 Å². The summed E-state index contributed by atoms with van der Waals surface area (Å²) >= 11 is 0. The van der Waals surface area contributed by atoms with Crippen LogP contribution in [0.5, 0.6) is 17.2 Å². The molecule has 0 saturated carbocycles. The molecule has 0 bridgehead atoms. The van der Waals surface area contributed by atoms with Gasteiger partial charge < -0.3 is 19.1 Å². The van der Waals surface area contributed by atoms with Crippen molar-refractivity contribution in [2.45, 2.75) is 38.8 Å². The Morgan fingerprint density at radius 3 is 2.06 bits per heavy atom. The van der Waals surface area contributed by atoms with Crippen LogP contribution in [0.25, 0.3) is 0 Å². The summed E-state index contributed by atoms with van der Waals surface area (Å²) in [7, 11) is 3.41. The summed E-state index contributed by atoms with van der Waals surface area (Å²) in [5.41, 5.74) is 3.71. The largest absolute Gasteiger partial charge is 0.497 e. The molecule has 1 unspecified atom stereocenters. The molecular weight excluding hydrogens is 448 g/mol. The van der Waals surface area contributed by atoms with Crippen molar-refractivity contribution in [3.63, 3.8) is 0 Å². The van der Waals surface area contributed by atoms with Crippen LogP contribution in [0.15, 0.2) is 72.8 Å². The molecule has 4 rings (SSSR count). The average Bonchev–Trinajstić information content (AvgIpc) is 2.92. The fourth-order valence-electron chi connectivity index (χ4n) is 4.78. The van der Waals surface area contributed by atoms with E-state index in [-0.39, 0.29) is 6.10 Å². The van der Waals surface area contributed by atoms with Crippen LogP contribution in [0, 0.1) is 0 Å². The molecule has 1 atom stereocenters. The number of methoxy groups -OCH3 is 2. The molecule has 0 aliphatic carbocycles. The second-order valence-corrected chi connectivity index (χ2v) is 9.83. The maximum absolute atomic E-state index is 6.60. The SMILES string of the molecule is COc1ccc(OC)c(C(CCN2CCN(Cc3ccccc3)CC2)Oc2ccc(C(C)C)cc2)c1. The van der Waals surface area contributed by atoms with Crippen molar-refractivity contribution >= 4 is 0 Å². The third-order valence-corrected chi connectivity index (χ3v) is 7.03. The van der Waals surface area contributed by atoms with Gasteiger partial charge in [0.25, 0.3) is 0 Å². The van der Waals surface area contributed by atoms with Crippen LogP contribution in [0.3, 0.4) is 0 Å². The lowest BCUT2D eigenvalue weighted by molar-refractivity contribution is 0.106. The van der Waals surface area contributed by atoms with Gasteiger partial charge in [-0.2, -0.15) is 0 Å². The third-order valence-electron chi connectivity index (χ3n) is 7.03. The molecule has 0 amide bonds. The summed E-state index contributed by atoms with van der Waals surface area (Å²) in [6.07, 6.45) is 0.732. The number of nitrogens with zero attached hydrogens (tertiary/aromatic N) is 2. The Labute approximate surface area is 216 Å². The first-order valence-corrected chi connectivity index (χ1v) is 13.0. The lowest BCUT2D eigenvalue weighted by Gasteiger charge is -2.35. The first kappa shape index (κ1) is 26.1. The minimum atomic E-state index is -0.137. The van der Waals surface area contributed by atoms with E-state index in [0.29, 0.717) is 5.92 Å². The smallest absolute Gasteiger partial charge is 0.129 e. The average molecular weight is 489 g/mol. The van der Waals surface area contributed by atoms with E-state index in [4.69, 9.17) is 14.2 Å². The molecule has 0 radical (unpaired) electrons. The Hall–Kier alpha value is -3.02. The normalized spacial score (nSPS) is 15.6. The van der Waals surface area contributed by atoms with Gasteiger partial charge in [0.05, 0.1) is 14.2 Å². The van der Waals surface area contributed by atoms with E-state index < -0.39 is 0 Å². The fraction of sp³-hybridized carbons (Fsp3) is 0.419. The molecule has 192 valence electrons. The molecule has 36 heavy (non-hydrogen) atoms. The Balaban J connectivity index is 1.43. The van der Waals surface area contributed by atoms with E-state index in [1.54, 1.807) is 14.2 Å². The second-order valence-electron chi connectivity index (χ2n) is 9.83. The van der Waals surface area contributed by atoms with Crippen LogP contribution < -0.4 is 14.2 Å². The second kappa shape index (κ2) is 12.8. The van der Waals surface area contributed by atoms with Crippen LogP contribution in [-0.2, 0) is 6.54 Å². The van der Waals surface area contributed by atoms with Crippen molar-refractivity contribution in [3.05, 3.63) is 89.5 Å². The number of rotatable bonds is 11. The summed E-state index contributed by atoms with van der Waals surface area (Å²) in [5, 5.41) is 0. The molecule has 5 nitrogen and oxygen atoms in total. The zero-order valence-corrected chi connectivity index (χ0v) is 22.2. The maximum Gasteiger partial charge on any atom is 0.129 e. The molecule has 0 aromatic heterocycles. The van der Waals surface area contributed by atoms with Gasteiger partial charge in [-0.25, -0.2) is 0 Å². The first-order valence-electron chi connectivity index (χ1n) is 13.0. The van der Waals surface area contributed by atoms with Gasteiger partial charge in [0.1, 0.15) is 23.4 Å². The number of hydrogen-bond acceptors (Lipinski definition) is 5. The molecule has 3 aromatic carbocycles. The van der Waals surface area contributed by atoms with Crippen LogP contribution in [0.4, 0.5) is 0 Å². The molecule has 1 aliphatic rings. The Kier molecular flexibility index (Phi) is 9.26. The first-order chi connectivity index (χ1) is 17.6. The fourth-order valence-corrected chi connectivity index (χ4v) is 4.78. The lowest BCUT2D eigenvalue weighted by Crippen LogP contribution is -2.46. The van der Waals surface area contributed by atoms with Gasteiger partial charge in [0, 0.05) is 51.3 Å². The van der Waals surface area contributed by atoms with Gasteiger partial charge in [-0.05, 0) is 47.4 Å². The van der Waals surface area contributed by atoms with Crippen LogP contribution in [0.1, 0.15) is 49.0 Å². The molecule has 1 aliphatic heterocycles. The van der Waals surface area contributed by atoms with Gasteiger partial charge in [0.15, 0.2) is 0 Å². The molecule has 0 spiro atoms. The summed E-state index contributed by atoms with van der Waals surface area (Å²) < 4.78 is 17.8. The van der Waals surface area contributed by atoms with Crippen molar-refractivity contribution in [2.24, 2.45) is 0 Å². The summed E-state index contributed by atoms with van der Waals surface area (Å²) in [5.74, 6) is 3.01. The zero-order chi connectivity index (χ0) is 25.3. The summed E-state index contributed by atoms with van der Waals surface area (Å²) in [6.45, 7) is 10.7. The Morgan fingerprint density at radius 2 is 1.42 bits per heavy atom. The molecular formula is C31H40N2O3. The van der Waals surface area contributed by atoms with Crippen LogP contribution in [0.2, 0.25) is 0 Å². The number of piperazine rings is 1. The molecule has 0 N–H and O–H groups in total. The van der Waals surface area contributed by atoms with Gasteiger partial charge >= 0.3 is 0 Å². The predicted molar refractivity (Wildman–Crippen MR) is 146 cm³/mol. The van der Waals surface area contributed by atoms with Gasteiger partial charge in [0.2, 0.25) is 0 Å². The van der Waals surface area contributed by atoms with Crippen LogP contribution in [-0.4, -0.2) is 56.7 Å². The third kappa shape index (κ3) is 7.02. The standard InChI is InChI=1S/C31H40N2O3/c1-24(2)26-10-12-27(13-11-26)36-31(29-22-28(34-3)14-15-30(29)35-4)16-17-32-18-20-33(21-19-32)23-25-8-6-5-7-9-25/h5-15,22,24,31H,16-21,23H2,1-4H3. The van der Waals surface area contributed by atoms with E-state index in [9.17, 15) is 0 Å². The highest BCUT2D eigenvalue weighted by atomic mass is 16.5. The topological polar surface area (TPSA) is 34.2 Å². The number of ether oxygens (including phenoxy) is 3. The van der Waals surface area contributed by atoms with Gasteiger partial charge in [-0.15, -0.1) is 0 Å². The molecule has 5 heteroatoms. The quantitative estimate of drug-likeness (QED) is 0.323. The lowest BCUT2D eigenvalue weighted by atomic mass is 10.0. The molecule has 1 heterocycles. The highest BCUT2D eigenvalue weighted by Crippen LogP contribution is 2.35. The highest BCUT2D eigenvalue weighted by molar-refractivity contribution is 5.42. The van der Waals surface area contributed by atoms with E-state index >= 15 is 0 Å². The minimum Gasteiger partial charge on any atom is -0.497 e. The highest BCUT2D eigenvalue weighted by Gasteiger charge is 2.23.